The van der Waals surface area contributed by atoms with Gasteiger partial charge in [0.25, 0.3) is 11.8 Å². The fourth-order valence-electron chi connectivity index (χ4n) is 2.42. The van der Waals surface area contributed by atoms with Crippen LogP contribution in [0.4, 0.5) is 0 Å². The molecule has 6 nitrogen and oxygen atoms in total. The number of benzene rings is 1. The summed E-state index contributed by atoms with van der Waals surface area (Å²) in [4.78, 5) is 31.6. The molecule has 1 atom stereocenters. The second-order valence-corrected chi connectivity index (χ2v) is 5.07. The highest BCUT2D eigenvalue weighted by Crippen LogP contribution is 2.19. The first kappa shape index (κ1) is 14.9. The number of rotatable bonds is 4. The first-order valence-corrected chi connectivity index (χ1v) is 7.13. The number of para-hydroxylation sites is 1. The summed E-state index contributed by atoms with van der Waals surface area (Å²) in [6, 6.07) is 7.49. The minimum atomic E-state index is -0.481. The van der Waals surface area contributed by atoms with Crippen LogP contribution in [0.5, 0.6) is 5.75 Å². The highest BCUT2D eigenvalue weighted by molar-refractivity contribution is 6.20. The van der Waals surface area contributed by atoms with Crippen molar-refractivity contribution in [2.75, 3.05) is 7.11 Å². The molecule has 0 saturated heterocycles. The monoisotopic (exact) mass is 309 g/mol. The van der Waals surface area contributed by atoms with E-state index in [9.17, 15) is 9.59 Å². The predicted octanol–water partition coefficient (Wildman–Crippen LogP) is 1.43. The van der Waals surface area contributed by atoms with Gasteiger partial charge in [-0.15, -0.1) is 0 Å². The van der Waals surface area contributed by atoms with Gasteiger partial charge in [0, 0.05) is 17.7 Å². The second-order valence-electron chi connectivity index (χ2n) is 5.07. The lowest BCUT2D eigenvalue weighted by Gasteiger charge is -2.17. The van der Waals surface area contributed by atoms with E-state index in [-0.39, 0.29) is 11.8 Å². The van der Waals surface area contributed by atoms with Crippen LogP contribution in [0.25, 0.3) is 0 Å². The third-order valence-corrected chi connectivity index (χ3v) is 3.64. The van der Waals surface area contributed by atoms with Crippen LogP contribution in [-0.2, 0) is 16.1 Å². The lowest BCUT2D eigenvalue weighted by molar-refractivity contribution is -0.119. The number of carbonyl (C=O) groups is 2. The maximum Gasteiger partial charge on any atom is 0.260 e. The molecule has 6 heteroatoms. The third-order valence-electron chi connectivity index (χ3n) is 3.64. The van der Waals surface area contributed by atoms with E-state index in [1.54, 1.807) is 25.3 Å². The summed E-state index contributed by atoms with van der Waals surface area (Å²) in [5.41, 5.74) is 1.88. The van der Waals surface area contributed by atoms with Crippen molar-refractivity contribution in [2.24, 2.45) is 15.9 Å². The molecule has 2 amide bonds. The smallest absolute Gasteiger partial charge is 0.260 e. The number of carbonyl (C=O) groups excluding carboxylic acids is 2. The Morgan fingerprint density at radius 3 is 3.00 bits per heavy atom. The average molecular weight is 309 g/mol. The van der Waals surface area contributed by atoms with Gasteiger partial charge in [0.2, 0.25) is 0 Å². The van der Waals surface area contributed by atoms with Crippen molar-refractivity contribution in [3.8, 4) is 5.75 Å². The molecule has 1 heterocycles. The van der Waals surface area contributed by atoms with Crippen LogP contribution < -0.4 is 10.1 Å². The number of hydrogen-bond donors (Lipinski definition) is 1. The van der Waals surface area contributed by atoms with Crippen LogP contribution in [0, 0.1) is 5.92 Å². The van der Waals surface area contributed by atoms with Crippen LogP contribution in [0.3, 0.4) is 0 Å². The summed E-state index contributed by atoms with van der Waals surface area (Å²) < 4.78 is 5.25. The molecule has 0 aromatic heterocycles. The Morgan fingerprint density at radius 1 is 1.35 bits per heavy atom. The van der Waals surface area contributed by atoms with Crippen molar-refractivity contribution in [3.05, 3.63) is 53.6 Å². The molecule has 2 aliphatic rings. The molecule has 0 saturated carbocycles. The maximum absolute atomic E-state index is 12.3. The summed E-state index contributed by atoms with van der Waals surface area (Å²) >= 11 is 0. The SMILES string of the molecule is COc1ccccc1CNC(=O)C1=CC2=NC=NC(=O)C2C=C1. The Labute approximate surface area is 133 Å². The summed E-state index contributed by atoms with van der Waals surface area (Å²) in [7, 11) is 1.59. The zero-order valence-electron chi connectivity index (χ0n) is 12.5. The van der Waals surface area contributed by atoms with E-state index in [4.69, 9.17) is 4.74 Å². The topological polar surface area (TPSA) is 80.1 Å². The van der Waals surface area contributed by atoms with E-state index < -0.39 is 5.92 Å². The van der Waals surface area contributed by atoms with Gasteiger partial charge in [0.15, 0.2) is 0 Å². The Hall–Kier alpha value is -3.02. The van der Waals surface area contributed by atoms with Gasteiger partial charge in [-0.2, -0.15) is 0 Å². The molecule has 0 radical (unpaired) electrons. The average Bonchev–Trinajstić information content (AvgIpc) is 2.59. The molecular formula is C17H15N3O3. The van der Waals surface area contributed by atoms with Crippen molar-refractivity contribution in [3.63, 3.8) is 0 Å². The summed E-state index contributed by atoms with van der Waals surface area (Å²) in [5, 5.41) is 2.84. The van der Waals surface area contributed by atoms with Gasteiger partial charge in [0.1, 0.15) is 18.0 Å². The summed E-state index contributed by atoms with van der Waals surface area (Å²) in [6.07, 6.45) is 6.11. The Kier molecular flexibility index (Phi) is 4.14. The zero-order valence-corrected chi connectivity index (χ0v) is 12.5. The van der Waals surface area contributed by atoms with Crippen molar-refractivity contribution >= 4 is 23.9 Å². The van der Waals surface area contributed by atoms with Gasteiger partial charge >= 0.3 is 0 Å². The van der Waals surface area contributed by atoms with E-state index in [1.165, 1.54) is 6.34 Å². The number of aliphatic imine (C=N–C) groups is 2. The Morgan fingerprint density at radius 2 is 2.17 bits per heavy atom. The number of amides is 2. The lowest BCUT2D eigenvalue weighted by Crippen LogP contribution is -2.29. The van der Waals surface area contributed by atoms with Gasteiger partial charge in [0.05, 0.1) is 12.8 Å². The van der Waals surface area contributed by atoms with Crippen molar-refractivity contribution in [1.82, 2.24) is 5.32 Å². The second kappa shape index (κ2) is 6.39. The summed E-state index contributed by atoms with van der Waals surface area (Å²) in [6.45, 7) is 0.352. The number of ether oxygens (including phenoxy) is 1. The standard InChI is InChI=1S/C17H15N3O3/c1-23-15-5-3-2-4-12(15)9-18-16(21)11-6-7-13-14(8-11)19-10-20-17(13)22/h2-8,10,13H,9H2,1H3,(H,18,21). The van der Waals surface area contributed by atoms with Crippen molar-refractivity contribution in [2.45, 2.75) is 6.54 Å². The predicted molar refractivity (Wildman–Crippen MR) is 86.5 cm³/mol. The molecule has 0 spiro atoms. The fourth-order valence-corrected chi connectivity index (χ4v) is 2.42. The van der Waals surface area contributed by atoms with Crippen molar-refractivity contribution in [1.29, 1.82) is 0 Å². The molecule has 23 heavy (non-hydrogen) atoms. The first-order valence-electron chi connectivity index (χ1n) is 7.13. The molecule has 1 N–H and O–H groups in total. The molecule has 1 aliphatic heterocycles. The van der Waals surface area contributed by atoms with Crippen LogP contribution in [-0.4, -0.2) is 31.0 Å². The third kappa shape index (κ3) is 3.11. The van der Waals surface area contributed by atoms with Crippen molar-refractivity contribution < 1.29 is 14.3 Å². The maximum atomic E-state index is 12.3. The van der Waals surface area contributed by atoms with Gasteiger partial charge in [-0.1, -0.05) is 30.4 Å². The largest absolute Gasteiger partial charge is 0.496 e. The molecule has 1 aromatic carbocycles. The lowest BCUT2D eigenvalue weighted by atomic mass is 9.93. The molecule has 116 valence electrons. The summed E-state index contributed by atoms with van der Waals surface area (Å²) in [5.74, 6) is -0.260. The Balaban J connectivity index is 1.70. The minimum Gasteiger partial charge on any atom is -0.496 e. The van der Waals surface area contributed by atoms with Crippen LogP contribution in [0.15, 0.2) is 58.1 Å². The number of nitrogens with zero attached hydrogens (tertiary/aromatic N) is 2. The van der Waals surface area contributed by atoms with E-state index in [0.29, 0.717) is 17.8 Å². The molecule has 0 fully saturated rings. The van der Waals surface area contributed by atoms with E-state index in [2.05, 4.69) is 15.3 Å². The molecule has 1 aliphatic carbocycles. The highest BCUT2D eigenvalue weighted by Gasteiger charge is 2.26. The van der Waals surface area contributed by atoms with E-state index >= 15 is 0 Å². The molecule has 3 rings (SSSR count). The number of allylic oxidation sites excluding steroid dienone is 1. The molecular weight excluding hydrogens is 294 g/mol. The number of hydrogen-bond acceptors (Lipinski definition) is 4. The first-order chi connectivity index (χ1) is 11.2. The normalized spacial score (nSPS) is 18.8. The van der Waals surface area contributed by atoms with Crippen LogP contribution in [0.1, 0.15) is 5.56 Å². The van der Waals surface area contributed by atoms with Crippen LogP contribution in [0.2, 0.25) is 0 Å². The number of fused-ring (bicyclic) bond motifs is 1. The fraction of sp³-hybridized carbons (Fsp3) is 0.176. The van der Waals surface area contributed by atoms with Gasteiger partial charge < -0.3 is 10.1 Å². The number of nitrogens with one attached hydrogen (secondary N) is 1. The molecule has 1 unspecified atom stereocenters. The molecule has 1 aromatic rings. The number of methoxy groups -OCH3 is 1. The minimum absolute atomic E-state index is 0.233. The van der Waals surface area contributed by atoms with E-state index in [0.717, 1.165) is 11.3 Å². The van der Waals surface area contributed by atoms with Gasteiger partial charge in [-0.25, -0.2) is 9.98 Å². The zero-order chi connectivity index (χ0) is 16.2. The van der Waals surface area contributed by atoms with Crippen LogP contribution >= 0.6 is 0 Å². The van der Waals surface area contributed by atoms with Gasteiger partial charge in [-0.05, 0) is 12.1 Å². The van der Waals surface area contributed by atoms with Gasteiger partial charge in [-0.3, -0.25) is 9.59 Å². The highest BCUT2D eigenvalue weighted by atomic mass is 16.5. The quantitative estimate of drug-likeness (QED) is 0.913. The Bertz CT molecular complexity index is 775. The van der Waals surface area contributed by atoms with E-state index in [1.807, 2.05) is 24.3 Å². The molecule has 0 bridgehead atoms.